The van der Waals surface area contributed by atoms with Gasteiger partial charge in [0.05, 0.1) is 0 Å². The van der Waals surface area contributed by atoms with Crippen molar-refractivity contribution in [2.24, 2.45) is 0 Å². The molecular weight excluding hydrogens is 246 g/mol. The highest BCUT2D eigenvalue weighted by molar-refractivity contribution is 7.11. The molecule has 0 aromatic carbocycles. The van der Waals surface area contributed by atoms with Gasteiger partial charge < -0.3 is 17.7 Å². The maximum atomic E-state index is 3.44. The monoisotopic (exact) mass is 258 g/mol. The third-order valence-electron chi connectivity index (χ3n) is 1.97. The van der Waals surface area contributed by atoms with Crippen LogP contribution in [0, 0.1) is 6.92 Å². The van der Waals surface area contributed by atoms with Crippen molar-refractivity contribution in [2.75, 3.05) is 0 Å². The van der Waals surface area contributed by atoms with Crippen LogP contribution in [0.4, 0.5) is 0 Å². The second kappa shape index (κ2) is 6.28. The predicted molar refractivity (Wildman–Crippen MR) is 63.9 cm³/mol. The van der Waals surface area contributed by atoms with Crippen molar-refractivity contribution >= 4 is 22.7 Å². The zero-order chi connectivity index (χ0) is 9.80. The number of hydrogen-bond acceptors (Lipinski definition) is 3. The fourth-order valence-corrected chi connectivity index (χ4v) is 2.84. The second-order valence-electron chi connectivity index (χ2n) is 3.20. The lowest BCUT2D eigenvalue weighted by atomic mass is 10.4. The molecule has 0 fully saturated rings. The van der Waals surface area contributed by atoms with Gasteiger partial charge in [0, 0.05) is 27.7 Å². The van der Waals surface area contributed by atoms with Gasteiger partial charge in [0.15, 0.2) is 0 Å². The Hall–Kier alpha value is -0.350. The highest BCUT2D eigenvalue weighted by Crippen LogP contribution is 2.15. The van der Waals surface area contributed by atoms with E-state index >= 15 is 0 Å². The lowest BCUT2D eigenvalue weighted by Crippen LogP contribution is -3.00. The minimum atomic E-state index is 0. The Labute approximate surface area is 105 Å². The minimum absolute atomic E-state index is 0. The van der Waals surface area contributed by atoms with Crippen LogP contribution in [0.1, 0.15) is 14.6 Å². The van der Waals surface area contributed by atoms with E-state index in [1.54, 1.807) is 11.3 Å². The van der Waals surface area contributed by atoms with Crippen LogP contribution in [0.2, 0.25) is 0 Å². The van der Waals surface area contributed by atoms with Gasteiger partial charge in [-0.05, 0) is 30.5 Å². The largest absolute Gasteiger partial charge is 1.00 e. The summed E-state index contributed by atoms with van der Waals surface area (Å²) >= 11 is 3.67. The third kappa shape index (κ3) is 3.95. The molecule has 0 saturated heterocycles. The molecule has 0 spiro atoms. The predicted octanol–water partition coefficient (Wildman–Crippen LogP) is 0.412. The maximum absolute atomic E-state index is 3.44. The Balaban J connectivity index is 0.00000112. The molecule has 2 rings (SSSR count). The minimum Gasteiger partial charge on any atom is -1.00 e. The van der Waals surface area contributed by atoms with Crippen molar-refractivity contribution < 1.29 is 12.4 Å². The molecule has 0 amide bonds. The number of thiophene rings is 2. The smallest absolute Gasteiger partial charge is 0.0303 e. The molecule has 15 heavy (non-hydrogen) atoms. The van der Waals surface area contributed by atoms with E-state index in [1.807, 2.05) is 11.3 Å². The van der Waals surface area contributed by atoms with Crippen LogP contribution in [0.15, 0.2) is 29.6 Å². The summed E-state index contributed by atoms with van der Waals surface area (Å²) in [4.78, 5) is 4.20. The van der Waals surface area contributed by atoms with Crippen LogP contribution in [-0.2, 0) is 13.1 Å². The first-order chi connectivity index (χ1) is 6.84. The zero-order valence-electron chi connectivity index (χ0n) is 8.50. The number of nitrogens with one attached hydrogen (secondary N) is 1. The Morgan fingerprint density at radius 1 is 1.13 bits per heavy atom. The van der Waals surface area contributed by atoms with Crippen molar-refractivity contribution in [1.82, 2.24) is 5.32 Å². The summed E-state index contributed by atoms with van der Waals surface area (Å²) in [6, 6.07) is 8.63. The summed E-state index contributed by atoms with van der Waals surface area (Å²) in [5, 5.41) is 5.56. The van der Waals surface area contributed by atoms with E-state index in [0.29, 0.717) is 0 Å². The number of halogens is 1. The van der Waals surface area contributed by atoms with Gasteiger partial charge in [0.25, 0.3) is 0 Å². The van der Waals surface area contributed by atoms with E-state index in [-0.39, 0.29) is 12.4 Å². The average Bonchev–Trinajstić information content (AvgIpc) is 2.77. The summed E-state index contributed by atoms with van der Waals surface area (Å²) in [5.41, 5.74) is 0. The van der Waals surface area contributed by atoms with E-state index in [9.17, 15) is 0 Å². The summed E-state index contributed by atoms with van der Waals surface area (Å²) in [5.74, 6) is 0. The first kappa shape index (κ1) is 12.7. The van der Waals surface area contributed by atoms with Gasteiger partial charge in [0.1, 0.15) is 0 Å². The normalized spacial score (nSPS) is 9.93. The molecule has 0 aliphatic rings. The van der Waals surface area contributed by atoms with Gasteiger partial charge >= 0.3 is 0 Å². The van der Waals surface area contributed by atoms with Crippen LogP contribution >= 0.6 is 22.7 Å². The van der Waals surface area contributed by atoms with Crippen molar-refractivity contribution in [2.45, 2.75) is 20.0 Å². The Morgan fingerprint density at radius 2 is 1.93 bits per heavy atom. The van der Waals surface area contributed by atoms with Crippen molar-refractivity contribution in [3.8, 4) is 0 Å². The number of rotatable bonds is 4. The fraction of sp³-hybridized carbons (Fsp3) is 0.273. The van der Waals surface area contributed by atoms with E-state index in [2.05, 4.69) is 41.9 Å². The standard InChI is InChI=1S/C11H13NS2.ClH/c1-9-4-5-11(14-9)8-12-7-10-3-2-6-13-10;/h2-6,12H,7-8H2,1H3;1H/p-1. The molecular formula is C11H13ClNS2-. The first-order valence-electron chi connectivity index (χ1n) is 4.63. The molecule has 4 heteroatoms. The molecule has 2 heterocycles. The van der Waals surface area contributed by atoms with Gasteiger partial charge in [0.2, 0.25) is 0 Å². The lowest BCUT2D eigenvalue weighted by Gasteiger charge is -1.99. The fourth-order valence-electron chi connectivity index (χ4n) is 1.30. The SMILES string of the molecule is Cc1ccc(CNCc2cccs2)s1.[Cl-]. The molecule has 0 saturated carbocycles. The average molecular weight is 259 g/mol. The van der Waals surface area contributed by atoms with Crippen LogP contribution in [0.25, 0.3) is 0 Å². The quantitative estimate of drug-likeness (QED) is 0.838. The Morgan fingerprint density at radius 3 is 2.53 bits per heavy atom. The summed E-state index contributed by atoms with van der Waals surface area (Å²) < 4.78 is 0. The molecule has 0 radical (unpaired) electrons. The molecule has 0 aliphatic heterocycles. The van der Waals surface area contributed by atoms with Gasteiger partial charge in [-0.15, -0.1) is 22.7 Å². The summed E-state index contributed by atoms with van der Waals surface area (Å²) in [6.45, 7) is 4.11. The van der Waals surface area contributed by atoms with Crippen molar-refractivity contribution in [1.29, 1.82) is 0 Å². The molecule has 2 aromatic heterocycles. The van der Waals surface area contributed by atoms with Gasteiger partial charge in [-0.2, -0.15) is 0 Å². The molecule has 1 nitrogen and oxygen atoms in total. The molecule has 0 bridgehead atoms. The molecule has 1 N–H and O–H groups in total. The molecule has 82 valence electrons. The van der Waals surface area contributed by atoms with Crippen LogP contribution in [0.3, 0.4) is 0 Å². The van der Waals surface area contributed by atoms with Gasteiger partial charge in [-0.1, -0.05) is 6.07 Å². The second-order valence-corrected chi connectivity index (χ2v) is 5.60. The summed E-state index contributed by atoms with van der Waals surface area (Å²) in [6.07, 6.45) is 0. The topological polar surface area (TPSA) is 12.0 Å². The Kier molecular flexibility index (Phi) is 5.32. The van der Waals surface area contributed by atoms with Crippen LogP contribution in [-0.4, -0.2) is 0 Å². The third-order valence-corrected chi connectivity index (χ3v) is 3.85. The van der Waals surface area contributed by atoms with E-state index in [4.69, 9.17) is 0 Å². The van der Waals surface area contributed by atoms with Gasteiger partial charge in [-0.25, -0.2) is 0 Å². The first-order valence-corrected chi connectivity index (χ1v) is 6.32. The van der Waals surface area contributed by atoms with Gasteiger partial charge in [-0.3, -0.25) is 0 Å². The zero-order valence-corrected chi connectivity index (χ0v) is 10.9. The molecule has 0 atom stereocenters. The highest BCUT2D eigenvalue weighted by atomic mass is 35.5. The molecule has 0 unspecified atom stereocenters. The Bertz CT molecular complexity index is 381. The van der Waals surface area contributed by atoms with Crippen LogP contribution in [0.5, 0.6) is 0 Å². The lowest BCUT2D eigenvalue weighted by molar-refractivity contribution is -0.00000276. The van der Waals surface area contributed by atoms with E-state index in [0.717, 1.165) is 13.1 Å². The van der Waals surface area contributed by atoms with Crippen molar-refractivity contribution in [3.05, 3.63) is 44.3 Å². The number of hydrogen-bond donors (Lipinski definition) is 1. The molecule has 0 aliphatic carbocycles. The summed E-state index contributed by atoms with van der Waals surface area (Å²) in [7, 11) is 0. The van der Waals surface area contributed by atoms with Crippen molar-refractivity contribution in [3.63, 3.8) is 0 Å². The van der Waals surface area contributed by atoms with E-state index in [1.165, 1.54) is 14.6 Å². The molecule has 2 aromatic rings. The number of aryl methyl sites for hydroxylation is 1. The maximum Gasteiger partial charge on any atom is 0.0303 e. The van der Waals surface area contributed by atoms with Crippen LogP contribution < -0.4 is 17.7 Å². The highest BCUT2D eigenvalue weighted by Gasteiger charge is 1.96. The van der Waals surface area contributed by atoms with E-state index < -0.39 is 0 Å².